The van der Waals surface area contributed by atoms with Crippen molar-refractivity contribution < 1.29 is 0 Å². The van der Waals surface area contributed by atoms with E-state index < -0.39 is 0 Å². The first kappa shape index (κ1) is 10.5. The first-order chi connectivity index (χ1) is 7.15. The summed E-state index contributed by atoms with van der Waals surface area (Å²) in [5.41, 5.74) is 7.53. The Morgan fingerprint density at radius 1 is 1.60 bits per heavy atom. The first-order valence-corrected chi connectivity index (χ1v) is 5.63. The summed E-state index contributed by atoms with van der Waals surface area (Å²) in [6.07, 6.45) is 4.56. The second-order valence-corrected chi connectivity index (χ2v) is 4.66. The van der Waals surface area contributed by atoms with E-state index in [1.165, 1.54) is 25.9 Å². The summed E-state index contributed by atoms with van der Waals surface area (Å²) in [6.45, 7) is 5.37. The van der Waals surface area contributed by atoms with Crippen LogP contribution in [-0.4, -0.2) is 34.8 Å². The zero-order chi connectivity index (χ0) is 10.8. The van der Waals surface area contributed by atoms with E-state index in [0.29, 0.717) is 0 Å². The number of likely N-dealkylation sites (tertiary alicyclic amines) is 1. The van der Waals surface area contributed by atoms with Crippen LogP contribution in [0.15, 0.2) is 6.20 Å². The highest BCUT2D eigenvalue weighted by Gasteiger charge is 2.18. The second-order valence-electron chi connectivity index (χ2n) is 4.66. The van der Waals surface area contributed by atoms with Crippen molar-refractivity contribution in [2.45, 2.75) is 26.3 Å². The van der Waals surface area contributed by atoms with E-state index >= 15 is 0 Å². The molecule has 1 aliphatic heterocycles. The predicted octanol–water partition coefficient (Wildman–Crippen LogP) is 1.12. The maximum absolute atomic E-state index is 5.78. The van der Waals surface area contributed by atoms with Crippen LogP contribution in [0, 0.1) is 12.8 Å². The number of anilines is 1. The van der Waals surface area contributed by atoms with Gasteiger partial charge in [0.1, 0.15) is 0 Å². The molecule has 15 heavy (non-hydrogen) atoms. The summed E-state index contributed by atoms with van der Waals surface area (Å²) in [7, 11) is 2.19. The molecule has 1 aromatic heterocycles. The highest BCUT2D eigenvalue weighted by Crippen LogP contribution is 2.17. The van der Waals surface area contributed by atoms with E-state index in [9.17, 15) is 0 Å². The molecule has 1 unspecified atom stereocenters. The van der Waals surface area contributed by atoms with E-state index in [2.05, 4.69) is 17.0 Å². The number of aromatic nitrogens is 2. The van der Waals surface area contributed by atoms with Crippen molar-refractivity contribution in [2.75, 3.05) is 25.9 Å². The van der Waals surface area contributed by atoms with E-state index in [4.69, 9.17) is 5.73 Å². The fraction of sp³-hybridized carbons (Fsp3) is 0.727. The van der Waals surface area contributed by atoms with Crippen LogP contribution in [0.3, 0.4) is 0 Å². The van der Waals surface area contributed by atoms with Gasteiger partial charge in [0.25, 0.3) is 0 Å². The monoisotopic (exact) mass is 208 g/mol. The van der Waals surface area contributed by atoms with Gasteiger partial charge < -0.3 is 10.6 Å². The quantitative estimate of drug-likeness (QED) is 0.792. The largest absolute Gasteiger partial charge is 0.396 e. The number of nitrogens with zero attached hydrogens (tertiary/aromatic N) is 3. The average Bonchev–Trinajstić information content (AvgIpc) is 2.45. The van der Waals surface area contributed by atoms with Gasteiger partial charge in [-0.15, -0.1) is 0 Å². The van der Waals surface area contributed by atoms with Gasteiger partial charge in [-0.25, -0.2) is 0 Å². The highest BCUT2D eigenvalue weighted by molar-refractivity contribution is 5.39. The van der Waals surface area contributed by atoms with Crippen LogP contribution in [-0.2, 0) is 6.54 Å². The summed E-state index contributed by atoms with van der Waals surface area (Å²) in [5, 5.41) is 4.40. The Morgan fingerprint density at radius 2 is 2.40 bits per heavy atom. The normalized spacial score (nSPS) is 23.2. The van der Waals surface area contributed by atoms with Crippen LogP contribution in [0.1, 0.15) is 18.5 Å². The van der Waals surface area contributed by atoms with Gasteiger partial charge in [-0.3, -0.25) is 4.68 Å². The number of nitrogen functional groups attached to an aromatic ring is 1. The summed E-state index contributed by atoms with van der Waals surface area (Å²) >= 11 is 0. The van der Waals surface area contributed by atoms with Gasteiger partial charge in [0.05, 0.1) is 11.4 Å². The number of rotatable bonds is 2. The highest BCUT2D eigenvalue weighted by atomic mass is 15.3. The molecule has 2 heterocycles. The van der Waals surface area contributed by atoms with Crippen molar-refractivity contribution in [1.29, 1.82) is 0 Å². The number of aryl methyl sites for hydroxylation is 1. The minimum absolute atomic E-state index is 0.724. The Bertz CT molecular complexity index is 312. The van der Waals surface area contributed by atoms with Gasteiger partial charge in [-0.2, -0.15) is 5.10 Å². The zero-order valence-electron chi connectivity index (χ0n) is 9.61. The maximum atomic E-state index is 5.78. The Labute approximate surface area is 91.1 Å². The molecule has 4 nitrogen and oxygen atoms in total. The summed E-state index contributed by atoms with van der Waals surface area (Å²) in [5.74, 6) is 0.724. The number of nitrogens with two attached hydrogens (primary N) is 1. The Balaban J connectivity index is 1.96. The SMILES string of the molecule is Cc1nn(CC2CCCN(C)C2)cc1N. The smallest absolute Gasteiger partial charge is 0.0822 e. The van der Waals surface area contributed by atoms with Crippen molar-refractivity contribution in [1.82, 2.24) is 14.7 Å². The lowest BCUT2D eigenvalue weighted by atomic mass is 9.99. The van der Waals surface area contributed by atoms with Crippen molar-refractivity contribution in [3.05, 3.63) is 11.9 Å². The molecule has 2 N–H and O–H groups in total. The second kappa shape index (κ2) is 4.23. The number of hydrogen-bond donors (Lipinski definition) is 1. The molecule has 1 saturated heterocycles. The van der Waals surface area contributed by atoms with E-state index in [1.807, 2.05) is 17.8 Å². The van der Waals surface area contributed by atoms with Gasteiger partial charge in [-0.05, 0) is 39.3 Å². The third kappa shape index (κ3) is 2.50. The van der Waals surface area contributed by atoms with E-state index in [1.54, 1.807) is 0 Å². The Kier molecular flexibility index (Phi) is 2.95. The summed E-state index contributed by atoms with van der Waals surface area (Å²) in [6, 6.07) is 0. The first-order valence-electron chi connectivity index (χ1n) is 5.63. The molecule has 84 valence electrons. The topological polar surface area (TPSA) is 47.1 Å². The molecule has 1 aromatic rings. The lowest BCUT2D eigenvalue weighted by Gasteiger charge is -2.29. The van der Waals surface area contributed by atoms with Crippen LogP contribution >= 0.6 is 0 Å². The summed E-state index contributed by atoms with van der Waals surface area (Å²) < 4.78 is 1.99. The third-order valence-corrected chi connectivity index (χ3v) is 3.15. The predicted molar refractivity (Wildman–Crippen MR) is 61.6 cm³/mol. The van der Waals surface area contributed by atoms with Crippen molar-refractivity contribution in [3.8, 4) is 0 Å². The molecule has 1 fully saturated rings. The molecule has 0 bridgehead atoms. The van der Waals surface area contributed by atoms with Crippen LogP contribution in [0.5, 0.6) is 0 Å². The fourth-order valence-corrected chi connectivity index (χ4v) is 2.31. The fourth-order valence-electron chi connectivity index (χ4n) is 2.31. The number of piperidine rings is 1. The molecule has 0 aromatic carbocycles. The van der Waals surface area contributed by atoms with E-state index in [0.717, 1.165) is 23.8 Å². The average molecular weight is 208 g/mol. The summed E-state index contributed by atoms with van der Waals surface area (Å²) in [4.78, 5) is 2.40. The molecule has 0 radical (unpaired) electrons. The Hall–Kier alpha value is -1.03. The van der Waals surface area contributed by atoms with Gasteiger partial charge in [0, 0.05) is 19.3 Å². The van der Waals surface area contributed by atoms with Crippen molar-refractivity contribution in [3.63, 3.8) is 0 Å². The lowest BCUT2D eigenvalue weighted by Crippen LogP contribution is -2.34. The minimum atomic E-state index is 0.724. The van der Waals surface area contributed by atoms with E-state index in [-0.39, 0.29) is 0 Å². The zero-order valence-corrected chi connectivity index (χ0v) is 9.61. The molecule has 1 aliphatic rings. The molecule has 0 saturated carbocycles. The standard InChI is InChI=1S/C11H20N4/c1-9-11(12)8-15(13-9)7-10-4-3-5-14(2)6-10/h8,10H,3-7,12H2,1-2H3. The van der Waals surface area contributed by atoms with Crippen LogP contribution in [0.4, 0.5) is 5.69 Å². The molecule has 0 spiro atoms. The third-order valence-electron chi connectivity index (χ3n) is 3.15. The molecule has 0 amide bonds. The van der Waals surface area contributed by atoms with Crippen LogP contribution in [0.25, 0.3) is 0 Å². The minimum Gasteiger partial charge on any atom is -0.396 e. The molecular weight excluding hydrogens is 188 g/mol. The molecule has 1 atom stereocenters. The molecular formula is C11H20N4. The molecule has 2 rings (SSSR count). The molecule has 0 aliphatic carbocycles. The lowest BCUT2D eigenvalue weighted by molar-refractivity contribution is 0.190. The van der Waals surface area contributed by atoms with Crippen molar-refractivity contribution in [2.24, 2.45) is 5.92 Å². The van der Waals surface area contributed by atoms with Gasteiger partial charge in [0.2, 0.25) is 0 Å². The van der Waals surface area contributed by atoms with Crippen LogP contribution in [0.2, 0.25) is 0 Å². The van der Waals surface area contributed by atoms with Gasteiger partial charge in [-0.1, -0.05) is 0 Å². The van der Waals surface area contributed by atoms with Crippen LogP contribution < -0.4 is 5.73 Å². The van der Waals surface area contributed by atoms with Crippen molar-refractivity contribution >= 4 is 5.69 Å². The van der Waals surface area contributed by atoms with Gasteiger partial charge >= 0.3 is 0 Å². The van der Waals surface area contributed by atoms with Gasteiger partial charge in [0.15, 0.2) is 0 Å². The maximum Gasteiger partial charge on any atom is 0.0822 e. The number of hydrogen-bond acceptors (Lipinski definition) is 3. The Morgan fingerprint density at radius 3 is 3.00 bits per heavy atom. The molecule has 4 heteroatoms.